The Bertz CT molecular complexity index is 404. The standard InChI is InChI=1S/C13H19N3O2/c1-18-12-5-10-7-15(8-11(10)6-12)13(17)9-16-4-2-3-14-16/h2-4,10-12H,5-9H2,1H3/t10-,11+,12?. The topological polar surface area (TPSA) is 47.4 Å². The predicted molar refractivity (Wildman–Crippen MR) is 65.8 cm³/mol. The Labute approximate surface area is 107 Å². The highest BCUT2D eigenvalue weighted by atomic mass is 16.5. The lowest BCUT2D eigenvalue weighted by Gasteiger charge is -2.18. The van der Waals surface area contributed by atoms with Gasteiger partial charge in [0.15, 0.2) is 0 Å². The number of fused-ring (bicyclic) bond motifs is 1. The van der Waals surface area contributed by atoms with Crippen LogP contribution in [0.15, 0.2) is 18.5 Å². The first kappa shape index (κ1) is 11.7. The minimum absolute atomic E-state index is 0.182. The number of hydrogen-bond donors (Lipinski definition) is 0. The normalized spacial score (nSPS) is 30.7. The van der Waals surface area contributed by atoms with Crippen LogP contribution in [0.5, 0.6) is 0 Å². The summed E-state index contributed by atoms with van der Waals surface area (Å²) < 4.78 is 7.10. The summed E-state index contributed by atoms with van der Waals surface area (Å²) in [5.41, 5.74) is 0. The maximum absolute atomic E-state index is 12.1. The van der Waals surface area contributed by atoms with E-state index in [1.807, 2.05) is 17.2 Å². The SMILES string of the molecule is COC1C[C@@H]2CN(C(=O)Cn3cccn3)C[C@@H]2C1. The van der Waals surface area contributed by atoms with Gasteiger partial charge in [0, 0.05) is 32.6 Å². The van der Waals surface area contributed by atoms with Gasteiger partial charge in [0.25, 0.3) is 0 Å². The number of methoxy groups -OCH3 is 1. The molecule has 0 aromatic carbocycles. The molecule has 1 saturated heterocycles. The highest BCUT2D eigenvalue weighted by Crippen LogP contribution is 2.39. The lowest BCUT2D eigenvalue weighted by atomic mass is 10.0. The molecule has 18 heavy (non-hydrogen) atoms. The molecule has 5 heteroatoms. The average Bonchev–Trinajstić information content (AvgIpc) is 3.02. The summed E-state index contributed by atoms with van der Waals surface area (Å²) in [7, 11) is 1.78. The van der Waals surface area contributed by atoms with Crippen molar-refractivity contribution < 1.29 is 9.53 Å². The Morgan fingerprint density at radius 2 is 2.11 bits per heavy atom. The molecule has 98 valence electrons. The van der Waals surface area contributed by atoms with Gasteiger partial charge in [-0.3, -0.25) is 9.48 Å². The van der Waals surface area contributed by atoms with Crippen LogP contribution in [0.4, 0.5) is 0 Å². The van der Waals surface area contributed by atoms with Crippen molar-refractivity contribution in [3.8, 4) is 0 Å². The Hall–Kier alpha value is -1.36. The molecule has 1 aliphatic carbocycles. The number of carbonyl (C=O) groups is 1. The summed E-state index contributed by atoms with van der Waals surface area (Å²) in [5.74, 6) is 1.45. The first-order valence-corrected chi connectivity index (χ1v) is 6.54. The molecule has 0 radical (unpaired) electrons. The van der Waals surface area contributed by atoms with Crippen LogP contribution in [0.25, 0.3) is 0 Å². The molecule has 1 amide bonds. The molecule has 0 N–H and O–H groups in total. The molecule has 0 bridgehead atoms. The molecular weight excluding hydrogens is 230 g/mol. The van der Waals surface area contributed by atoms with Crippen molar-refractivity contribution in [1.29, 1.82) is 0 Å². The molecule has 2 aliphatic rings. The van der Waals surface area contributed by atoms with Crippen LogP contribution in [-0.2, 0) is 16.1 Å². The van der Waals surface area contributed by atoms with E-state index in [4.69, 9.17) is 4.74 Å². The highest BCUT2D eigenvalue weighted by molar-refractivity contribution is 5.76. The summed E-state index contributed by atoms with van der Waals surface area (Å²) >= 11 is 0. The molecule has 0 spiro atoms. The number of rotatable bonds is 3. The molecule has 5 nitrogen and oxygen atoms in total. The van der Waals surface area contributed by atoms with Crippen molar-refractivity contribution in [1.82, 2.24) is 14.7 Å². The van der Waals surface area contributed by atoms with E-state index < -0.39 is 0 Å². The third-order valence-electron chi connectivity index (χ3n) is 4.25. The van der Waals surface area contributed by atoms with E-state index >= 15 is 0 Å². The molecule has 2 fully saturated rings. The molecule has 1 aromatic heterocycles. The third kappa shape index (κ3) is 2.14. The summed E-state index contributed by atoms with van der Waals surface area (Å²) in [5, 5.41) is 4.07. The fourth-order valence-corrected chi connectivity index (χ4v) is 3.27. The van der Waals surface area contributed by atoms with E-state index in [1.165, 1.54) is 0 Å². The molecule has 1 aromatic rings. The Balaban J connectivity index is 1.56. The van der Waals surface area contributed by atoms with Crippen molar-refractivity contribution in [2.75, 3.05) is 20.2 Å². The van der Waals surface area contributed by atoms with Gasteiger partial charge in [0.05, 0.1) is 6.10 Å². The van der Waals surface area contributed by atoms with Crippen LogP contribution in [0.2, 0.25) is 0 Å². The van der Waals surface area contributed by atoms with E-state index in [2.05, 4.69) is 5.10 Å². The van der Waals surface area contributed by atoms with Crippen molar-refractivity contribution in [2.45, 2.75) is 25.5 Å². The van der Waals surface area contributed by atoms with E-state index in [9.17, 15) is 4.79 Å². The second kappa shape index (κ2) is 4.72. The van der Waals surface area contributed by atoms with Crippen LogP contribution in [0.3, 0.4) is 0 Å². The van der Waals surface area contributed by atoms with Crippen LogP contribution in [0, 0.1) is 11.8 Å². The van der Waals surface area contributed by atoms with Gasteiger partial charge in [0.2, 0.25) is 5.91 Å². The first-order chi connectivity index (χ1) is 8.76. The van der Waals surface area contributed by atoms with E-state index in [-0.39, 0.29) is 5.91 Å². The number of likely N-dealkylation sites (tertiary alicyclic amines) is 1. The lowest BCUT2D eigenvalue weighted by Crippen LogP contribution is -2.33. The molecule has 3 atom stereocenters. The van der Waals surface area contributed by atoms with Crippen molar-refractivity contribution in [3.63, 3.8) is 0 Å². The highest BCUT2D eigenvalue weighted by Gasteiger charge is 2.42. The van der Waals surface area contributed by atoms with Gasteiger partial charge in [-0.2, -0.15) is 5.10 Å². The quantitative estimate of drug-likeness (QED) is 0.795. The largest absolute Gasteiger partial charge is 0.381 e. The Morgan fingerprint density at radius 3 is 2.67 bits per heavy atom. The van der Waals surface area contributed by atoms with E-state index in [1.54, 1.807) is 18.0 Å². The summed E-state index contributed by atoms with van der Waals surface area (Å²) in [6.07, 6.45) is 6.15. The van der Waals surface area contributed by atoms with Gasteiger partial charge in [-0.15, -0.1) is 0 Å². The Kier molecular flexibility index (Phi) is 3.07. The lowest BCUT2D eigenvalue weighted by molar-refractivity contribution is -0.131. The molecule has 2 heterocycles. The van der Waals surface area contributed by atoms with E-state index in [0.717, 1.165) is 25.9 Å². The number of nitrogens with zero attached hydrogens (tertiary/aromatic N) is 3. The molecule has 3 rings (SSSR count). The fourth-order valence-electron chi connectivity index (χ4n) is 3.27. The third-order valence-corrected chi connectivity index (χ3v) is 4.25. The smallest absolute Gasteiger partial charge is 0.244 e. The summed E-state index contributed by atoms with van der Waals surface area (Å²) in [4.78, 5) is 14.1. The van der Waals surface area contributed by atoms with Crippen LogP contribution in [0.1, 0.15) is 12.8 Å². The van der Waals surface area contributed by atoms with Gasteiger partial charge < -0.3 is 9.64 Å². The monoisotopic (exact) mass is 249 g/mol. The van der Waals surface area contributed by atoms with Crippen molar-refractivity contribution >= 4 is 5.91 Å². The van der Waals surface area contributed by atoms with Crippen molar-refractivity contribution in [3.05, 3.63) is 18.5 Å². The summed E-state index contributed by atoms with van der Waals surface area (Å²) in [6, 6.07) is 1.84. The summed E-state index contributed by atoms with van der Waals surface area (Å²) in [6.45, 7) is 2.15. The number of amides is 1. The van der Waals surface area contributed by atoms with Gasteiger partial charge >= 0.3 is 0 Å². The predicted octanol–water partition coefficient (Wildman–Crippen LogP) is 0.766. The number of carbonyl (C=O) groups excluding carboxylic acids is 1. The van der Waals surface area contributed by atoms with Gasteiger partial charge in [-0.1, -0.05) is 0 Å². The molecule has 1 aliphatic heterocycles. The first-order valence-electron chi connectivity index (χ1n) is 6.54. The van der Waals surface area contributed by atoms with E-state index in [0.29, 0.717) is 24.5 Å². The zero-order valence-corrected chi connectivity index (χ0v) is 10.7. The minimum Gasteiger partial charge on any atom is -0.381 e. The van der Waals surface area contributed by atoms with Crippen molar-refractivity contribution in [2.24, 2.45) is 11.8 Å². The zero-order chi connectivity index (χ0) is 12.5. The van der Waals surface area contributed by atoms with Crippen LogP contribution in [-0.4, -0.2) is 46.9 Å². The number of hydrogen-bond acceptors (Lipinski definition) is 3. The molecule has 1 unspecified atom stereocenters. The maximum Gasteiger partial charge on any atom is 0.244 e. The number of aromatic nitrogens is 2. The zero-order valence-electron chi connectivity index (χ0n) is 10.7. The maximum atomic E-state index is 12.1. The Morgan fingerprint density at radius 1 is 1.39 bits per heavy atom. The second-order valence-electron chi connectivity index (χ2n) is 5.35. The second-order valence-corrected chi connectivity index (χ2v) is 5.35. The van der Waals surface area contributed by atoms with Gasteiger partial charge in [-0.05, 0) is 30.7 Å². The molecule has 1 saturated carbocycles. The van der Waals surface area contributed by atoms with Gasteiger partial charge in [0.1, 0.15) is 6.54 Å². The van der Waals surface area contributed by atoms with Crippen LogP contribution >= 0.6 is 0 Å². The fraction of sp³-hybridized carbons (Fsp3) is 0.692. The number of ether oxygens (including phenoxy) is 1. The minimum atomic E-state index is 0.182. The van der Waals surface area contributed by atoms with Crippen LogP contribution < -0.4 is 0 Å². The molecular formula is C13H19N3O2. The average molecular weight is 249 g/mol. The van der Waals surface area contributed by atoms with Gasteiger partial charge in [-0.25, -0.2) is 0 Å².